The molecular weight excluding hydrogens is 277 g/mol. The predicted octanol–water partition coefficient (Wildman–Crippen LogP) is 2.54. The molecule has 7 heteroatoms. The van der Waals surface area contributed by atoms with Crippen molar-refractivity contribution in [2.24, 2.45) is 0 Å². The van der Waals surface area contributed by atoms with Crippen LogP contribution >= 0.6 is 0 Å². The summed E-state index contributed by atoms with van der Waals surface area (Å²) in [5.41, 5.74) is -1.07. The van der Waals surface area contributed by atoms with Crippen LogP contribution in [-0.2, 0) is 15.5 Å². The van der Waals surface area contributed by atoms with E-state index < -0.39 is 40.7 Å². The van der Waals surface area contributed by atoms with E-state index in [1.54, 1.807) is 0 Å². The van der Waals surface area contributed by atoms with E-state index in [1.807, 2.05) is 0 Å². The second-order valence-corrected chi connectivity index (χ2v) is 4.12. The highest BCUT2D eigenvalue weighted by Gasteiger charge is 2.31. The normalized spacial score (nSPS) is 12.9. The molecule has 0 aromatic heterocycles. The van der Waals surface area contributed by atoms with Crippen LogP contribution in [0.4, 0.5) is 13.2 Å². The molecule has 0 saturated heterocycles. The fourth-order valence-corrected chi connectivity index (χ4v) is 1.63. The van der Waals surface area contributed by atoms with Gasteiger partial charge in [0, 0.05) is 18.1 Å². The number of hydrogen-bond donors (Lipinski definition) is 1. The molecule has 1 rings (SSSR count). The topological polar surface area (TPSA) is 55.8 Å². The highest BCUT2D eigenvalue weighted by atomic mass is 19.3. The molecule has 0 aliphatic heterocycles. The fourth-order valence-electron chi connectivity index (χ4n) is 1.63. The first kappa shape index (κ1) is 16.3. The largest absolute Gasteiger partial charge is 0.493 e. The number of aliphatic hydroxyl groups excluding tert-OH is 1. The maximum absolute atomic E-state index is 13.7. The number of rotatable bonds is 5. The summed E-state index contributed by atoms with van der Waals surface area (Å²) in [4.78, 5) is 11.4. The molecule has 0 heterocycles. The molecule has 0 aliphatic rings. The first-order valence-electron chi connectivity index (χ1n) is 5.82. The van der Waals surface area contributed by atoms with Gasteiger partial charge in [0.05, 0.1) is 13.7 Å². The summed E-state index contributed by atoms with van der Waals surface area (Å²) in [7, 11) is 1.10. The van der Waals surface area contributed by atoms with Crippen LogP contribution in [-0.4, -0.2) is 24.8 Å². The van der Waals surface area contributed by atoms with E-state index in [1.165, 1.54) is 6.92 Å². The Kier molecular flexibility index (Phi) is 4.99. The van der Waals surface area contributed by atoms with Crippen LogP contribution in [0.1, 0.15) is 31.1 Å². The number of ether oxygens (including phenoxy) is 2. The number of carbonyl (C=O) groups is 1. The Balaban J connectivity index is 3.35. The van der Waals surface area contributed by atoms with Crippen molar-refractivity contribution in [1.29, 1.82) is 0 Å². The van der Waals surface area contributed by atoms with Crippen molar-refractivity contribution in [3.63, 3.8) is 0 Å². The van der Waals surface area contributed by atoms with Crippen LogP contribution < -0.4 is 4.74 Å². The Morgan fingerprint density at radius 2 is 2.05 bits per heavy atom. The van der Waals surface area contributed by atoms with Gasteiger partial charge in [0.1, 0.15) is 0 Å². The molecule has 0 amide bonds. The zero-order valence-electron chi connectivity index (χ0n) is 11.2. The van der Waals surface area contributed by atoms with Crippen molar-refractivity contribution in [2.45, 2.75) is 25.9 Å². The van der Waals surface area contributed by atoms with Crippen LogP contribution in [0.15, 0.2) is 12.1 Å². The molecule has 0 radical (unpaired) electrons. The third-order valence-electron chi connectivity index (χ3n) is 2.59. The van der Waals surface area contributed by atoms with Crippen molar-refractivity contribution in [3.8, 4) is 5.75 Å². The van der Waals surface area contributed by atoms with Crippen molar-refractivity contribution >= 4 is 5.97 Å². The zero-order valence-corrected chi connectivity index (χ0v) is 11.2. The van der Waals surface area contributed by atoms with Gasteiger partial charge < -0.3 is 14.6 Å². The minimum atomic E-state index is -3.32. The number of methoxy groups -OCH3 is 1. The van der Waals surface area contributed by atoms with E-state index >= 15 is 0 Å². The molecule has 1 N–H and O–H groups in total. The number of halogens is 3. The third-order valence-corrected chi connectivity index (χ3v) is 2.59. The number of esters is 1. The Morgan fingerprint density at radius 3 is 2.50 bits per heavy atom. The molecule has 112 valence electrons. The molecule has 0 spiro atoms. The van der Waals surface area contributed by atoms with E-state index in [9.17, 15) is 23.1 Å². The van der Waals surface area contributed by atoms with Crippen molar-refractivity contribution < 1.29 is 32.5 Å². The summed E-state index contributed by atoms with van der Waals surface area (Å²) in [5.74, 6) is -5.96. The van der Waals surface area contributed by atoms with E-state index in [2.05, 4.69) is 4.74 Å². The maximum Gasteiger partial charge on any atom is 0.339 e. The van der Waals surface area contributed by atoms with Crippen LogP contribution in [0, 0.1) is 5.82 Å². The molecule has 20 heavy (non-hydrogen) atoms. The van der Waals surface area contributed by atoms with Gasteiger partial charge in [0.2, 0.25) is 0 Å². The smallest absolute Gasteiger partial charge is 0.339 e. The van der Waals surface area contributed by atoms with Crippen LogP contribution in [0.5, 0.6) is 5.75 Å². The van der Waals surface area contributed by atoms with Gasteiger partial charge in [0.15, 0.2) is 17.7 Å². The Labute approximate surface area is 114 Å². The number of aliphatic hydroxyl groups is 1. The number of alkyl halides is 2. The first-order chi connectivity index (χ1) is 9.22. The van der Waals surface area contributed by atoms with Crippen molar-refractivity contribution in [3.05, 3.63) is 29.1 Å². The molecule has 0 bridgehead atoms. The lowest BCUT2D eigenvalue weighted by molar-refractivity contribution is -0.153. The quantitative estimate of drug-likeness (QED) is 0.847. The van der Waals surface area contributed by atoms with Gasteiger partial charge in [-0.15, -0.1) is 0 Å². The molecule has 1 unspecified atom stereocenters. The van der Waals surface area contributed by atoms with Gasteiger partial charge in [-0.2, -0.15) is 0 Å². The summed E-state index contributed by atoms with van der Waals surface area (Å²) in [5, 5.41) is 9.78. The first-order valence-corrected chi connectivity index (χ1v) is 5.82. The monoisotopic (exact) mass is 292 g/mol. The van der Waals surface area contributed by atoms with Crippen molar-refractivity contribution in [2.75, 3.05) is 13.7 Å². The average molecular weight is 292 g/mol. The van der Waals surface area contributed by atoms with E-state index in [0.29, 0.717) is 13.0 Å². The van der Waals surface area contributed by atoms with Gasteiger partial charge in [-0.1, -0.05) is 0 Å². The Hall–Kier alpha value is -1.76. The second-order valence-electron chi connectivity index (χ2n) is 4.12. The summed E-state index contributed by atoms with van der Waals surface area (Å²) in [6.45, 7) is 2.08. The summed E-state index contributed by atoms with van der Waals surface area (Å²) in [6, 6.07) is 1.42. The molecule has 1 atom stereocenters. The number of benzene rings is 1. The van der Waals surface area contributed by atoms with Gasteiger partial charge in [-0.05, 0) is 19.1 Å². The van der Waals surface area contributed by atoms with E-state index in [4.69, 9.17) is 4.74 Å². The lowest BCUT2D eigenvalue weighted by atomic mass is 10.0. The molecule has 1 aromatic carbocycles. The van der Waals surface area contributed by atoms with E-state index in [-0.39, 0.29) is 6.61 Å². The lowest BCUT2D eigenvalue weighted by Crippen LogP contribution is -2.18. The van der Waals surface area contributed by atoms with Gasteiger partial charge in [-0.3, -0.25) is 0 Å². The van der Waals surface area contributed by atoms with Gasteiger partial charge in [-0.25, -0.2) is 18.0 Å². The molecular formula is C13H15F3O4. The Bertz CT molecular complexity index is 497. The van der Waals surface area contributed by atoms with Crippen LogP contribution in [0.3, 0.4) is 0 Å². The minimum Gasteiger partial charge on any atom is -0.493 e. The summed E-state index contributed by atoms with van der Waals surface area (Å²) >= 11 is 0. The maximum atomic E-state index is 13.7. The zero-order chi connectivity index (χ0) is 15.5. The second kappa shape index (κ2) is 6.13. The Morgan fingerprint density at radius 1 is 1.45 bits per heavy atom. The predicted molar refractivity (Wildman–Crippen MR) is 64.1 cm³/mol. The molecule has 0 saturated carbocycles. The fraction of sp³-hybridized carbons (Fsp3) is 0.462. The van der Waals surface area contributed by atoms with Crippen LogP contribution in [0.2, 0.25) is 0 Å². The SMILES string of the molecule is CCOC(=O)C(O)c1cc(C(C)(F)F)cc(F)c1OC. The highest BCUT2D eigenvalue weighted by Crippen LogP contribution is 2.36. The summed E-state index contributed by atoms with van der Waals surface area (Å²) in [6.07, 6.45) is -1.90. The molecule has 0 aliphatic carbocycles. The van der Waals surface area contributed by atoms with Gasteiger partial charge >= 0.3 is 5.97 Å². The molecule has 1 aromatic rings. The summed E-state index contributed by atoms with van der Waals surface area (Å²) < 4.78 is 49.5. The number of hydrogen-bond acceptors (Lipinski definition) is 4. The lowest BCUT2D eigenvalue weighted by Gasteiger charge is -2.18. The third kappa shape index (κ3) is 3.41. The van der Waals surface area contributed by atoms with E-state index in [0.717, 1.165) is 13.2 Å². The average Bonchev–Trinajstić information content (AvgIpc) is 2.36. The highest BCUT2D eigenvalue weighted by molar-refractivity contribution is 5.77. The standard InChI is InChI=1S/C13H15F3O4/c1-4-20-12(18)10(17)8-5-7(13(2,15)16)6-9(14)11(8)19-3/h5-6,10,17H,4H2,1-3H3. The van der Waals surface area contributed by atoms with Crippen molar-refractivity contribution in [1.82, 2.24) is 0 Å². The van der Waals surface area contributed by atoms with Crippen LogP contribution in [0.25, 0.3) is 0 Å². The van der Waals surface area contributed by atoms with Gasteiger partial charge in [0.25, 0.3) is 5.92 Å². The number of carbonyl (C=O) groups excluding carboxylic acids is 1. The minimum absolute atomic E-state index is 0.00960. The molecule has 4 nitrogen and oxygen atoms in total. The molecule has 0 fully saturated rings.